The molecule has 0 bridgehead atoms. The largest absolute Gasteiger partial charge is 0.468 e. The van der Waals surface area contributed by atoms with Crippen molar-refractivity contribution >= 4 is 5.97 Å². The first-order valence-electron chi connectivity index (χ1n) is 6.74. The number of likely N-dealkylation sites (N-methyl/N-ethyl adjacent to an activating group) is 1. The van der Waals surface area contributed by atoms with Crippen LogP contribution in [0.25, 0.3) is 0 Å². The molecule has 0 aromatic carbocycles. The van der Waals surface area contributed by atoms with Gasteiger partial charge in [0.2, 0.25) is 0 Å². The van der Waals surface area contributed by atoms with Crippen molar-refractivity contribution in [2.75, 3.05) is 33.3 Å². The fourth-order valence-electron chi connectivity index (χ4n) is 2.72. The summed E-state index contributed by atoms with van der Waals surface area (Å²) < 4.78 is 4.98. The van der Waals surface area contributed by atoms with Gasteiger partial charge in [-0.25, -0.2) is 0 Å². The number of likely N-dealkylation sites (tertiary alicyclic amines) is 1. The van der Waals surface area contributed by atoms with Crippen LogP contribution in [-0.4, -0.2) is 49.7 Å². The van der Waals surface area contributed by atoms with Crippen molar-refractivity contribution in [2.45, 2.75) is 45.1 Å². The van der Waals surface area contributed by atoms with E-state index < -0.39 is 5.54 Å². The lowest BCUT2D eigenvalue weighted by molar-refractivity contribution is -0.149. The maximum atomic E-state index is 12.0. The van der Waals surface area contributed by atoms with Crippen LogP contribution in [0, 0.1) is 0 Å². The second kappa shape index (κ2) is 6.97. The van der Waals surface area contributed by atoms with E-state index in [-0.39, 0.29) is 5.97 Å². The molecule has 1 aliphatic rings. The van der Waals surface area contributed by atoms with Gasteiger partial charge in [-0.15, -0.1) is 0 Å². The van der Waals surface area contributed by atoms with Gasteiger partial charge in [-0.2, -0.15) is 0 Å². The maximum absolute atomic E-state index is 12.0. The summed E-state index contributed by atoms with van der Waals surface area (Å²) in [5.74, 6) is -0.0994. The molecular weight excluding hydrogens is 216 g/mol. The lowest BCUT2D eigenvalue weighted by Crippen LogP contribution is -2.53. The van der Waals surface area contributed by atoms with Crippen LogP contribution < -0.4 is 5.32 Å². The lowest BCUT2D eigenvalue weighted by Gasteiger charge is -2.30. The van der Waals surface area contributed by atoms with Crippen LogP contribution in [0.3, 0.4) is 0 Å². The Kier molecular flexibility index (Phi) is 5.92. The second-order valence-corrected chi connectivity index (χ2v) is 4.80. The van der Waals surface area contributed by atoms with Gasteiger partial charge in [-0.3, -0.25) is 4.79 Å². The topological polar surface area (TPSA) is 41.6 Å². The van der Waals surface area contributed by atoms with E-state index in [4.69, 9.17) is 4.74 Å². The van der Waals surface area contributed by atoms with Crippen molar-refractivity contribution in [1.82, 2.24) is 10.2 Å². The smallest absolute Gasteiger partial charge is 0.326 e. The molecule has 1 N–H and O–H groups in total. The number of carbonyl (C=O) groups excluding carboxylic acids is 1. The molecular formula is C13H26N2O2. The fraction of sp³-hybridized carbons (Fsp3) is 0.923. The quantitative estimate of drug-likeness (QED) is 0.740. The summed E-state index contributed by atoms with van der Waals surface area (Å²) in [5, 5.41) is 3.35. The molecule has 0 aromatic heterocycles. The molecule has 0 amide bonds. The summed E-state index contributed by atoms with van der Waals surface area (Å²) in [5.41, 5.74) is -0.452. The van der Waals surface area contributed by atoms with Crippen LogP contribution in [0.1, 0.15) is 39.5 Å². The lowest BCUT2D eigenvalue weighted by atomic mass is 9.90. The van der Waals surface area contributed by atoms with Gasteiger partial charge in [0.1, 0.15) is 5.54 Å². The Morgan fingerprint density at radius 2 is 2.12 bits per heavy atom. The normalized spacial score (nSPS) is 26.5. The van der Waals surface area contributed by atoms with Crippen LogP contribution in [0.4, 0.5) is 0 Å². The number of esters is 1. The van der Waals surface area contributed by atoms with E-state index in [1.807, 2.05) is 6.92 Å². The van der Waals surface area contributed by atoms with Crippen LogP contribution in [0.15, 0.2) is 0 Å². The van der Waals surface area contributed by atoms with E-state index in [9.17, 15) is 4.79 Å². The highest BCUT2D eigenvalue weighted by atomic mass is 16.5. The maximum Gasteiger partial charge on any atom is 0.326 e. The summed E-state index contributed by atoms with van der Waals surface area (Å²) in [4.78, 5) is 14.4. The minimum absolute atomic E-state index is 0.0994. The van der Waals surface area contributed by atoms with E-state index in [0.29, 0.717) is 0 Å². The third-order valence-electron chi connectivity index (χ3n) is 3.56. The van der Waals surface area contributed by atoms with Crippen molar-refractivity contribution in [1.29, 1.82) is 0 Å². The van der Waals surface area contributed by atoms with Gasteiger partial charge in [-0.05, 0) is 45.3 Å². The van der Waals surface area contributed by atoms with Crippen molar-refractivity contribution < 1.29 is 9.53 Å². The molecule has 1 atom stereocenters. The standard InChI is InChI=1S/C13H26N2O2/c1-4-9-15-10-6-7-13(8-11-15,14-5-2)12(16)17-3/h14H,4-11H2,1-3H3. The Labute approximate surface area is 105 Å². The molecule has 17 heavy (non-hydrogen) atoms. The van der Waals surface area contributed by atoms with Gasteiger partial charge in [-0.1, -0.05) is 13.8 Å². The molecule has 1 unspecified atom stereocenters. The van der Waals surface area contributed by atoms with Gasteiger partial charge >= 0.3 is 5.97 Å². The third kappa shape index (κ3) is 3.68. The summed E-state index contributed by atoms with van der Waals surface area (Å²) >= 11 is 0. The average molecular weight is 242 g/mol. The second-order valence-electron chi connectivity index (χ2n) is 4.80. The van der Waals surface area contributed by atoms with Crippen LogP contribution in [0.5, 0.6) is 0 Å². The van der Waals surface area contributed by atoms with Gasteiger partial charge < -0.3 is 15.0 Å². The number of nitrogens with zero attached hydrogens (tertiary/aromatic N) is 1. The zero-order valence-corrected chi connectivity index (χ0v) is 11.4. The first kappa shape index (κ1) is 14.5. The van der Waals surface area contributed by atoms with Crippen LogP contribution in [-0.2, 0) is 9.53 Å². The number of rotatable bonds is 5. The predicted molar refractivity (Wildman–Crippen MR) is 69.0 cm³/mol. The van der Waals surface area contributed by atoms with E-state index in [0.717, 1.165) is 45.4 Å². The third-order valence-corrected chi connectivity index (χ3v) is 3.56. The number of methoxy groups -OCH3 is 1. The minimum atomic E-state index is -0.452. The Balaban J connectivity index is 2.68. The molecule has 0 aromatic rings. The average Bonchev–Trinajstić information content (AvgIpc) is 2.53. The molecule has 1 rings (SSSR count). The molecule has 0 saturated carbocycles. The number of carbonyl (C=O) groups is 1. The van der Waals surface area contributed by atoms with Crippen molar-refractivity contribution in [3.8, 4) is 0 Å². The van der Waals surface area contributed by atoms with Gasteiger partial charge in [0.15, 0.2) is 0 Å². The molecule has 1 saturated heterocycles. The molecule has 1 heterocycles. The highest BCUT2D eigenvalue weighted by molar-refractivity contribution is 5.80. The number of hydrogen-bond acceptors (Lipinski definition) is 4. The highest BCUT2D eigenvalue weighted by Crippen LogP contribution is 2.24. The monoisotopic (exact) mass is 242 g/mol. The van der Waals surface area contributed by atoms with Crippen LogP contribution >= 0.6 is 0 Å². The predicted octanol–water partition coefficient (Wildman–Crippen LogP) is 1.40. The minimum Gasteiger partial charge on any atom is -0.468 e. The first-order valence-corrected chi connectivity index (χ1v) is 6.74. The number of ether oxygens (including phenoxy) is 1. The fourth-order valence-corrected chi connectivity index (χ4v) is 2.72. The highest BCUT2D eigenvalue weighted by Gasteiger charge is 2.39. The zero-order chi connectivity index (χ0) is 12.7. The SMILES string of the molecule is CCCN1CCCC(NCC)(C(=O)OC)CC1. The summed E-state index contributed by atoms with van der Waals surface area (Å²) in [6.45, 7) is 8.25. The summed E-state index contributed by atoms with van der Waals surface area (Å²) in [6, 6.07) is 0. The molecule has 4 nitrogen and oxygen atoms in total. The molecule has 100 valence electrons. The Hall–Kier alpha value is -0.610. The molecule has 0 spiro atoms. The number of hydrogen-bond donors (Lipinski definition) is 1. The number of nitrogens with one attached hydrogen (secondary N) is 1. The van der Waals surface area contributed by atoms with Crippen molar-refractivity contribution in [2.24, 2.45) is 0 Å². The summed E-state index contributed by atoms with van der Waals surface area (Å²) in [7, 11) is 1.48. The van der Waals surface area contributed by atoms with E-state index >= 15 is 0 Å². The first-order chi connectivity index (χ1) is 8.18. The Bertz CT molecular complexity index is 246. The Morgan fingerprint density at radius 1 is 1.35 bits per heavy atom. The van der Waals surface area contributed by atoms with E-state index in [1.54, 1.807) is 0 Å². The Morgan fingerprint density at radius 3 is 2.71 bits per heavy atom. The molecule has 0 radical (unpaired) electrons. The zero-order valence-electron chi connectivity index (χ0n) is 11.4. The van der Waals surface area contributed by atoms with E-state index in [2.05, 4.69) is 17.1 Å². The van der Waals surface area contributed by atoms with Gasteiger partial charge in [0.05, 0.1) is 7.11 Å². The summed E-state index contributed by atoms with van der Waals surface area (Å²) in [6.07, 6.45) is 3.97. The molecule has 1 fully saturated rings. The molecule has 1 aliphatic heterocycles. The van der Waals surface area contributed by atoms with Gasteiger partial charge in [0.25, 0.3) is 0 Å². The van der Waals surface area contributed by atoms with Gasteiger partial charge in [0, 0.05) is 6.54 Å². The van der Waals surface area contributed by atoms with E-state index in [1.165, 1.54) is 13.5 Å². The van der Waals surface area contributed by atoms with Crippen molar-refractivity contribution in [3.05, 3.63) is 0 Å². The van der Waals surface area contributed by atoms with Crippen molar-refractivity contribution in [3.63, 3.8) is 0 Å². The van der Waals surface area contributed by atoms with Crippen LogP contribution in [0.2, 0.25) is 0 Å². The molecule has 4 heteroatoms. The molecule has 0 aliphatic carbocycles.